The van der Waals surface area contributed by atoms with Gasteiger partial charge in [-0.25, -0.2) is 9.97 Å². The van der Waals surface area contributed by atoms with Crippen LogP contribution < -0.4 is 0 Å². The molecule has 3 atom stereocenters. The summed E-state index contributed by atoms with van der Waals surface area (Å²) in [5.41, 5.74) is 3.00. The molecule has 5 heteroatoms. The summed E-state index contributed by atoms with van der Waals surface area (Å²) in [5.74, 6) is 0.918. The highest BCUT2D eigenvalue weighted by Gasteiger charge is 2.30. The Morgan fingerprint density at radius 3 is 2.90 bits per heavy atom. The van der Waals surface area contributed by atoms with E-state index in [1.807, 2.05) is 20.0 Å². The summed E-state index contributed by atoms with van der Waals surface area (Å²) < 4.78 is 7.71. The van der Waals surface area contributed by atoms with E-state index in [9.17, 15) is 0 Å². The fourth-order valence-electron chi connectivity index (χ4n) is 3.11. The largest absolute Gasteiger partial charge is 0.381 e. The van der Waals surface area contributed by atoms with Gasteiger partial charge in [0.15, 0.2) is 5.65 Å². The number of rotatable bonds is 3. The minimum atomic E-state index is -0.119. The van der Waals surface area contributed by atoms with Crippen LogP contribution in [0.15, 0.2) is 12.3 Å². The van der Waals surface area contributed by atoms with Crippen LogP contribution in [0, 0.1) is 6.92 Å². The first-order chi connectivity index (χ1) is 9.60. The Morgan fingerprint density at radius 2 is 2.25 bits per heavy atom. The van der Waals surface area contributed by atoms with Crippen molar-refractivity contribution in [3.05, 3.63) is 23.7 Å². The van der Waals surface area contributed by atoms with Gasteiger partial charge in [0.05, 0.1) is 11.5 Å². The standard InChI is InChI=1S/C15H20ClN3O/c1-9-6-13-15(17-8-9)19(14(18-13)10(2)16)11-4-5-12(7-11)20-3/h6,8,10-12H,4-5,7H2,1-3H3. The summed E-state index contributed by atoms with van der Waals surface area (Å²) in [6.45, 7) is 4.00. The normalized spacial score (nSPS) is 24.4. The van der Waals surface area contributed by atoms with Crippen LogP contribution in [0.25, 0.3) is 11.2 Å². The maximum Gasteiger partial charge on any atom is 0.160 e. The summed E-state index contributed by atoms with van der Waals surface area (Å²) in [5, 5.41) is -0.119. The molecule has 1 aliphatic rings. The number of aryl methyl sites for hydroxylation is 1. The first-order valence-corrected chi connectivity index (χ1v) is 7.55. The molecule has 0 bridgehead atoms. The molecule has 1 saturated carbocycles. The highest BCUT2D eigenvalue weighted by atomic mass is 35.5. The average molecular weight is 294 g/mol. The molecule has 3 rings (SSSR count). The second-order valence-electron chi connectivity index (χ2n) is 5.64. The van der Waals surface area contributed by atoms with E-state index in [1.54, 1.807) is 7.11 Å². The van der Waals surface area contributed by atoms with E-state index in [0.717, 1.165) is 41.8 Å². The van der Waals surface area contributed by atoms with Crippen LogP contribution in [-0.2, 0) is 4.74 Å². The van der Waals surface area contributed by atoms with E-state index in [2.05, 4.69) is 15.6 Å². The van der Waals surface area contributed by atoms with Crippen LogP contribution in [0.5, 0.6) is 0 Å². The highest BCUT2D eigenvalue weighted by molar-refractivity contribution is 6.20. The number of fused-ring (bicyclic) bond motifs is 1. The predicted octanol–water partition coefficient (Wildman–Crippen LogP) is 3.78. The van der Waals surface area contributed by atoms with Crippen LogP contribution in [0.2, 0.25) is 0 Å². The number of alkyl halides is 1. The van der Waals surface area contributed by atoms with Gasteiger partial charge >= 0.3 is 0 Å². The van der Waals surface area contributed by atoms with Gasteiger partial charge in [-0.2, -0.15) is 0 Å². The van der Waals surface area contributed by atoms with Crippen molar-refractivity contribution in [3.8, 4) is 0 Å². The summed E-state index contributed by atoms with van der Waals surface area (Å²) in [7, 11) is 1.78. The van der Waals surface area contributed by atoms with Crippen molar-refractivity contribution >= 4 is 22.8 Å². The number of aromatic nitrogens is 3. The molecular weight excluding hydrogens is 274 g/mol. The number of hydrogen-bond acceptors (Lipinski definition) is 3. The Balaban J connectivity index is 2.10. The van der Waals surface area contributed by atoms with Gasteiger partial charge < -0.3 is 9.30 Å². The Bertz CT molecular complexity index is 623. The minimum Gasteiger partial charge on any atom is -0.381 e. The maximum absolute atomic E-state index is 6.33. The van der Waals surface area contributed by atoms with E-state index in [1.165, 1.54) is 0 Å². The second kappa shape index (κ2) is 5.34. The SMILES string of the molecule is COC1CCC(n2c(C(C)Cl)nc3cc(C)cnc32)C1. The quantitative estimate of drug-likeness (QED) is 0.809. The third-order valence-electron chi connectivity index (χ3n) is 4.11. The van der Waals surface area contributed by atoms with E-state index >= 15 is 0 Å². The number of halogens is 1. The fourth-order valence-corrected chi connectivity index (χ4v) is 3.26. The van der Waals surface area contributed by atoms with Gasteiger partial charge in [-0.15, -0.1) is 11.6 Å². The number of pyridine rings is 1. The molecule has 0 saturated heterocycles. The number of imidazole rings is 1. The lowest BCUT2D eigenvalue weighted by Gasteiger charge is -2.17. The van der Waals surface area contributed by atoms with Crippen molar-refractivity contribution in [1.82, 2.24) is 14.5 Å². The molecular formula is C15H20ClN3O. The van der Waals surface area contributed by atoms with E-state index in [-0.39, 0.29) is 5.38 Å². The molecule has 0 N–H and O–H groups in total. The van der Waals surface area contributed by atoms with E-state index < -0.39 is 0 Å². The molecule has 4 nitrogen and oxygen atoms in total. The monoisotopic (exact) mass is 293 g/mol. The zero-order chi connectivity index (χ0) is 14.3. The summed E-state index contributed by atoms with van der Waals surface area (Å²) in [6, 6.07) is 2.46. The van der Waals surface area contributed by atoms with Crippen molar-refractivity contribution in [2.75, 3.05) is 7.11 Å². The van der Waals surface area contributed by atoms with Crippen molar-refractivity contribution in [2.45, 2.75) is 50.6 Å². The molecule has 3 unspecified atom stereocenters. The Morgan fingerprint density at radius 1 is 1.45 bits per heavy atom. The van der Waals surface area contributed by atoms with E-state index in [0.29, 0.717) is 12.1 Å². The molecule has 108 valence electrons. The van der Waals surface area contributed by atoms with Crippen molar-refractivity contribution in [1.29, 1.82) is 0 Å². The number of methoxy groups -OCH3 is 1. The zero-order valence-electron chi connectivity index (χ0n) is 12.1. The Kier molecular flexibility index (Phi) is 3.69. The minimum absolute atomic E-state index is 0.119. The molecule has 2 aromatic rings. The second-order valence-corrected chi connectivity index (χ2v) is 6.29. The van der Waals surface area contributed by atoms with Crippen molar-refractivity contribution in [2.24, 2.45) is 0 Å². The maximum atomic E-state index is 6.33. The lowest BCUT2D eigenvalue weighted by Crippen LogP contribution is -2.12. The van der Waals surface area contributed by atoms with Gasteiger partial charge in [-0.3, -0.25) is 0 Å². The van der Waals surface area contributed by atoms with Crippen LogP contribution in [0.4, 0.5) is 0 Å². The lowest BCUT2D eigenvalue weighted by molar-refractivity contribution is 0.106. The molecule has 2 heterocycles. The fraction of sp³-hybridized carbons (Fsp3) is 0.600. The lowest BCUT2D eigenvalue weighted by atomic mass is 10.2. The van der Waals surface area contributed by atoms with Crippen molar-refractivity contribution in [3.63, 3.8) is 0 Å². The molecule has 20 heavy (non-hydrogen) atoms. The van der Waals surface area contributed by atoms with E-state index in [4.69, 9.17) is 21.3 Å². The van der Waals surface area contributed by atoms with Gasteiger partial charge in [0.25, 0.3) is 0 Å². The molecule has 0 amide bonds. The molecule has 1 aliphatic carbocycles. The first-order valence-electron chi connectivity index (χ1n) is 7.11. The first kappa shape index (κ1) is 13.8. The zero-order valence-corrected chi connectivity index (χ0v) is 12.9. The summed E-state index contributed by atoms with van der Waals surface area (Å²) >= 11 is 6.33. The van der Waals surface area contributed by atoms with Gasteiger partial charge in [-0.1, -0.05) is 0 Å². The average Bonchev–Trinajstić information content (AvgIpc) is 3.00. The summed E-state index contributed by atoms with van der Waals surface area (Å²) in [6.07, 6.45) is 5.42. The van der Waals surface area contributed by atoms with Crippen LogP contribution in [-0.4, -0.2) is 27.7 Å². The number of ether oxygens (including phenoxy) is 1. The van der Waals surface area contributed by atoms with Gasteiger partial charge in [0.2, 0.25) is 0 Å². The summed E-state index contributed by atoms with van der Waals surface area (Å²) in [4.78, 5) is 9.28. The molecule has 0 aromatic carbocycles. The molecule has 0 aliphatic heterocycles. The van der Waals surface area contributed by atoms with Crippen LogP contribution in [0.3, 0.4) is 0 Å². The molecule has 1 fully saturated rings. The Hall–Kier alpha value is -1.13. The van der Waals surface area contributed by atoms with Gasteiger partial charge in [0.1, 0.15) is 11.3 Å². The van der Waals surface area contributed by atoms with Crippen LogP contribution >= 0.6 is 11.6 Å². The third kappa shape index (κ3) is 2.31. The highest BCUT2D eigenvalue weighted by Crippen LogP contribution is 2.37. The smallest absolute Gasteiger partial charge is 0.160 e. The van der Waals surface area contributed by atoms with Gasteiger partial charge in [0, 0.05) is 19.3 Å². The number of hydrogen-bond donors (Lipinski definition) is 0. The number of nitrogens with zero attached hydrogens (tertiary/aromatic N) is 3. The molecule has 0 spiro atoms. The van der Waals surface area contributed by atoms with Crippen molar-refractivity contribution < 1.29 is 4.74 Å². The topological polar surface area (TPSA) is 39.9 Å². The Labute approximate surface area is 124 Å². The van der Waals surface area contributed by atoms with Gasteiger partial charge in [-0.05, 0) is 44.7 Å². The predicted molar refractivity (Wildman–Crippen MR) is 80.2 cm³/mol. The van der Waals surface area contributed by atoms with Crippen LogP contribution in [0.1, 0.15) is 49.0 Å². The third-order valence-corrected chi connectivity index (χ3v) is 4.30. The molecule has 0 radical (unpaired) electrons. The molecule has 2 aromatic heterocycles.